The predicted molar refractivity (Wildman–Crippen MR) is 75.2 cm³/mol. The molecule has 0 saturated heterocycles. The smallest absolute Gasteiger partial charge is 0.241 e. The van der Waals surface area contributed by atoms with Gasteiger partial charge in [-0.2, -0.15) is 15.0 Å². The summed E-state index contributed by atoms with van der Waals surface area (Å²) in [4.78, 5) is 16.3. The first-order valence-electron chi connectivity index (χ1n) is 6.19. The van der Waals surface area contributed by atoms with Crippen LogP contribution in [0.5, 0.6) is 0 Å². The Hall–Kier alpha value is -2.55. The van der Waals surface area contributed by atoms with Crippen molar-refractivity contribution in [2.24, 2.45) is 7.05 Å². The third-order valence-electron chi connectivity index (χ3n) is 2.77. The van der Waals surface area contributed by atoms with Crippen molar-refractivity contribution in [1.82, 2.24) is 39.3 Å². The van der Waals surface area contributed by atoms with Crippen molar-refractivity contribution >= 4 is 17.5 Å². The van der Waals surface area contributed by atoms with E-state index in [2.05, 4.69) is 35.5 Å². The van der Waals surface area contributed by atoms with Crippen LogP contribution in [0.4, 0.5) is 5.95 Å². The van der Waals surface area contributed by atoms with E-state index in [1.165, 1.54) is 0 Å². The van der Waals surface area contributed by atoms with Gasteiger partial charge in [0, 0.05) is 32.4 Å². The van der Waals surface area contributed by atoms with Crippen LogP contribution < -0.4 is 5.32 Å². The summed E-state index contributed by atoms with van der Waals surface area (Å²) in [6.07, 6.45) is 7.31. The second kappa shape index (κ2) is 5.83. The molecule has 0 aliphatic rings. The zero-order valence-corrected chi connectivity index (χ0v) is 11.9. The minimum absolute atomic E-state index is 0.120. The Kier molecular flexibility index (Phi) is 3.73. The highest BCUT2D eigenvalue weighted by Gasteiger charge is 2.07. The second-order valence-corrected chi connectivity index (χ2v) is 4.57. The molecule has 0 amide bonds. The first-order valence-corrected chi connectivity index (χ1v) is 6.57. The summed E-state index contributed by atoms with van der Waals surface area (Å²) in [5.74, 6) is 1.69. The molecule has 0 spiro atoms. The quantitative estimate of drug-likeness (QED) is 0.732. The maximum absolute atomic E-state index is 5.91. The van der Waals surface area contributed by atoms with Gasteiger partial charge in [0.1, 0.15) is 18.5 Å². The zero-order valence-electron chi connectivity index (χ0n) is 11.2. The highest BCUT2D eigenvalue weighted by atomic mass is 35.5. The second-order valence-electron chi connectivity index (χ2n) is 4.23. The third kappa shape index (κ3) is 3.14. The Morgan fingerprint density at radius 2 is 2.14 bits per heavy atom. The molecule has 0 atom stereocenters. The summed E-state index contributed by atoms with van der Waals surface area (Å²) in [6.45, 7) is 0.607. The summed E-state index contributed by atoms with van der Waals surface area (Å²) in [6, 6.07) is 0. The molecule has 0 radical (unpaired) electrons. The monoisotopic (exact) mass is 305 g/mol. The molecular weight excluding hydrogens is 294 g/mol. The van der Waals surface area contributed by atoms with Gasteiger partial charge in [-0.1, -0.05) is 0 Å². The van der Waals surface area contributed by atoms with Gasteiger partial charge in [0.15, 0.2) is 0 Å². The highest BCUT2D eigenvalue weighted by molar-refractivity contribution is 6.28. The molecule has 0 aliphatic carbocycles. The summed E-state index contributed by atoms with van der Waals surface area (Å²) in [5, 5.41) is 11.0. The van der Waals surface area contributed by atoms with Crippen LogP contribution >= 0.6 is 11.6 Å². The van der Waals surface area contributed by atoms with Gasteiger partial charge in [-0.15, -0.1) is 10.2 Å². The van der Waals surface area contributed by atoms with Crippen LogP contribution in [0.15, 0.2) is 25.0 Å². The van der Waals surface area contributed by atoms with E-state index >= 15 is 0 Å². The number of nitrogens with zero attached hydrogens (tertiary/aromatic N) is 8. The first-order chi connectivity index (χ1) is 10.2. The number of imidazole rings is 1. The van der Waals surface area contributed by atoms with Crippen molar-refractivity contribution in [3.8, 4) is 5.95 Å². The lowest BCUT2D eigenvalue weighted by Crippen LogP contribution is -2.12. The molecule has 0 bridgehead atoms. The molecule has 10 heteroatoms. The molecule has 1 N–H and O–H groups in total. The van der Waals surface area contributed by atoms with Gasteiger partial charge in [-0.25, -0.2) is 4.98 Å². The maximum Gasteiger partial charge on any atom is 0.241 e. The molecule has 3 aromatic heterocycles. The molecule has 0 aromatic carbocycles. The van der Waals surface area contributed by atoms with Crippen LogP contribution in [-0.2, 0) is 13.5 Å². The van der Waals surface area contributed by atoms with E-state index in [4.69, 9.17) is 11.6 Å². The van der Waals surface area contributed by atoms with Gasteiger partial charge in [0.25, 0.3) is 0 Å². The number of anilines is 1. The van der Waals surface area contributed by atoms with E-state index < -0.39 is 0 Å². The van der Waals surface area contributed by atoms with Crippen molar-refractivity contribution in [2.75, 3.05) is 11.9 Å². The number of aromatic nitrogens is 8. The molecule has 0 aliphatic heterocycles. The standard InChI is InChI=1S/C11H12ClN9/c1-20-7-15-19-8(20)2-3-14-10-16-9(12)17-11(18-10)21-5-4-13-6-21/h4-7H,2-3H2,1H3,(H,14,16,17,18). The van der Waals surface area contributed by atoms with Gasteiger partial charge in [0.2, 0.25) is 17.2 Å². The number of halogens is 1. The molecule has 21 heavy (non-hydrogen) atoms. The van der Waals surface area contributed by atoms with Crippen molar-refractivity contribution < 1.29 is 0 Å². The number of nitrogens with one attached hydrogen (secondary N) is 1. The van der Waals surface area contributed by atoms with E-state index in [-0.39, 0.29) is 5.28 Å². The molecule has 0 unspecified atom stereocenters. The van der Waals surface area contributed by atoms with Crippen LogP contribution in [0, 0.1) is 0 Å². The Balaban J connectivity index is 1.69. The van der Waals surface area contributed by atoms with Crippen LogP contribution in [0.2, 0.25) is 5.28 Å². The minimum atomic E-state index is 0.120. The predicted octanol–water partition coefficient (Wildman–Crippen LogP) is 0.494. The molecular formula is C11H12ClN9. The lowest BCUT2D eigenvalue weighted by atomic mass is 10.4. The molecule has 3 rings (SSSR count). The molecule has 9 nitrogen and oxygen atoms in total. The Bertz CT molecular complexity index is 721. The number of hydrogen-bond donors (Lipinski definition) is 1. The lowest BCUT2D eigenvalue weighted by Gasteiger charge is -2.06. The Morgan fingerprint density at radius 1 is 1.24 bits per heavy atom. The van der Waals surface area contributed by atoms with Crippen molar-refractivity contribution in [3.05, 3.63) is 36.2 Å². The van der Waals surface area contributed by atoms with Gasteiger partial charge >= 0.3 is 0 Å². The SMILES string of the molecule is Cn1cnnc1CCNc1nc(Cl)nc(-n2ccnc2)n1. The molecule has 108 valence electrons. The number of hydrogen-bond acceptors (Lipinski definition) is 7. The highest BCUT2D eigenvalue weighted by Crippen LogP contribution is 2.09. The summed E-state index contributed by atoms with van der Waals surface area (Å²) >= 11 is 5.91. The molecule has 0 saturated carbocycles. The average molecular weight is 306 g/mol. The van der Waals surface area contributed by atoms with E-state index in [0.717, 1.165) is 5.82 Å². The van der Waals surface area contributed by atoms with E-state index in [1.54, 1.807) is 29.6 Å². The maximum atomic E-state index is 5.91. The fraction of sp³-hybridized carbons (Fsp3) is 0.273. The van der Waals surface area contributed by atoms with E-state index in [1.807, 2.05) is 11.6 Å². The zero-order chi connectivity index (χ0) is 14.7. The van der Waals surface area contributed by atoms with Crippen LogP contribution in [0.25, 0.3) is 5.95 Å². The average Bonchev–Trinajstić information content (AvgIpc) is 3.10. The number of aryl methyl sites for hydroxylation is 1. The molecule has 3 heterocycles. The Labute approximate surface area is 125 Å². The summed E-state index contributed by atoms with van der Waals surface area (Å²) < 4.78 is 3.51. The fourth-order valence-corrected chi connectivity index (χ4v) is 1.89. The van der Waals surface area contributed by atoms with E-state index in [9.17, 15) is 0 Å². The van der Waals surface area contributed by atoms with Gasteiger partial charge in [-0.3, -0.25) is 4.57 Å². The van der Waals surface area contributed by atoms with E-state index in [0.29, 0.717) is 24.9 Å². The van der Waals surface area contributed by atoms with Crippen molar-refractivity contribution in [3.63, 3.8) is 0 Å². The Morgan fingerprint density at radius 3 is 2.86 bits per heavy atom. The largest absolute Gasteiger partial charge is 0.354 e. The lowest BCUT2D eigenvalue weighted by molar-refractivity contribution is 0.783. The topological polar surface area (TPSA) is 99.2 Å². The summed E-state index contributed by atoms with van der Waals surface area (Å²) in [7, 11) is 1.90. The summed E-state index contributed by atoms with van der Waals surface area (Å²) in [5.41, 5.74) is 0. The first kappa shape index (κ1) is 13.4. The van der Waals surface area contributed by atoms with Gasteiger partial charge < -0.3 is 9.88 Å². The minimum Gasteiger partial charge on any atom is -0.354 e. The van der Waals surface area contributed by atoms with Crippen molar-refractivity contribution in [1.29, 1.82) is 0 Å². The number of rotatable bonds is 5. The van der Waals surface area contributed by atoms with Crippen molar-refractivity contribution in [2.45, 2.75) is 6.42 Å². The van der Waals surface area contributed by atoms with Gasteiger partial charge in [0.05, 0.1) is 0 Å². The van der Waals surface area contributed by atoms with Crippen LogP contribution in [0.3, 0.4) is 0 Å². The molecule has 3 aromatic rings. The molecule has 0 fully saturated rings. The van der Waals surface area contributed by atoms with Gasteiger partial charge in [-0.05, 0) is 11.6 Å². The fourth-order valence-electron chi connectivity index (χ4n) is 1.73. The van der Waals surface area contributed by atoms with Crippen LogP contribution in [-0.4, -0.2) is 45.8 Å². The van der Waals surface area contributed by atoms with Crippen LogP contribution in [0.1, 0.15) is 5.82 Å². The normalized spacial score (nSPS) is 10.8. The third-order valence-corrected chi connectivity index (χ3v) is 2.94.